The van der Waals surface area contributed by atoms with E-state index in [1.807, 2.05) is 0 Å². The molecule has 28 heavy (non-hydrogen) atoms. The van der Waals surface area contributed by atoms with Gasteiger partial charge in [0.2, 0.25) is 5.91 Å². The van der Waals surface area contributed by atoms with E-state index in [1.165, 1.54) is 10.7 Å². The van der Waals surface area contributed by atoms with Crippen LogP contribution in [0.5, 0.6) is 5.75 Å². The standard InChI is InChI=1S/C19H17ClFN5O2/c1-10-23-24-25-26(10)16-8-11(6-7-17(16)28-2)22-19(27)13-9-12(13)18-14(20)4-3-5-15(18)21/h3-8,12-13H,9H2,1-2H3,(H,22,27)/t12-,13-/m0/s1. The van der Waals surface area contributed by atoms with Gasteiger partial charge in [-0.15, -0.1) is 5.10 Å². The number of benzene rings is 2. The molecule has 0 spiro atoms. The maximum atomic E-state index is 14.1. The lowest BCUT2D eigenvalue weighted by Gasteiger charge is -2.12. The molecule has 0 unspecified atom stereocenters. The van der Waals surface area contributed by atoms with E-state index in [0.29, 0.717) is 40.0 Å². The molecule has 7 nitrogen and oxygen atoms in total. The summed E-state index contributed by atoms with van der Waals surface area (Å²) in [7, 11) is 1.55. The quantitative estimate of drug-likeness (QED) is 0.707. The van der Waals surface area contributed by atoms with Gasteiger partial charge in [-0.25, -0.2) is 4.39 Å². The zero-order valence-corrected chi connectivity index (χ0v) is 15.9. The van der Waals surface area contributed by atoms with Crippen LogP contribution in [0.2, 0.25) is 5.02 Å². The molecule has 4 rings (SSSR count). The molecule has 2 atom stereocenters. The Morgan fingerprint density at radius 3 is 2.86 bits per heavy atom. The number of hydrogen-bond donors (Lipinski definition) is 1. The first kappa shape index (κ1) is 18.4. The highest BCUT2D eigenvalue weighted by Crippen LogP contribution is 2.51. The largest absolute Gasteiger partial charge is 0.494 e. The lowest BCUT2D eigenvalue weighted by Crippen LogP contribution is -2.15. The fourth-order valence-corrected chi connectivity index (χ4v) is 3.59. The third-order valence-corrected chi connectivity index (χ3v) is 5.13. The second-order valence-corrected chi connectivity index (χ2v) is 7.01. The molecule has 1 amide bonds. The molecular weight excluding hydrogens is 385 g/mol. The minimum absolute atomic E-state index is 0.186. The van der Waals surface area contributed by atoms with E-state index in [1.54, 1.807) is 44.4 Å². The number of hydrogen-bond acceptors (Lipinski definition) is 5. The lowest BCUT2D eigenvalue weighted by molar-refractivity contribution is -0.117. The normalized spacial score (nSPS) is 18.0. The number of rotatable bonds is 5. The van der Waals surface area contributed by atoms with Crippen molar-refractivity contribution in [3.63, 3.8) is 0 Å². The van der Waals surface area contributed by atoms with Crippen molar-refractivity contribution in [2.75, 3.05) is 12.4 Å². The summed E-state index contributed by atoms with van der Waals surface area (Å²) in [6.07, 6.45) is 0.557. The average molecular weight is 402 g/mol. The number of nitrogens with zero attached hydrogens (tertiary/aromatic N) is 4. The highest BCUT2D eigenvalue weighted by Gasteiger charge is 2.46. The number of aromatic nitrogens is 4. The van der Waals surface area contributed by atoms with Crippen molar-refractivity contribution in [2.45, 2.75) is 19.3 Å². The second-order valence-electron chi connectivity index (χ2n) is 6.60. The molecule has 1 aliphatic rings. The molecule has 1 aromatic heterocycles. The Morgan fingerprint density at radius 2 is 2.18 bits per heavy atom. The Bertz CT molecular complexity index is 1030. The summed E-state index contributed by atoms with van der Waals surface area (Å²) in [6, 6.07) is 9.74. The SMILES string of the molecule is COc1ccc(NC(=O)[C@H]2C[C@@H]2c2c(F)cccc2Cl)cc1-n1nnnc1C. The number of anilines is 1. The molecular formula is C19H17ClFN5O2. The van der Waals surface area contributed by atoms with E-state index >= 15 is 0 Å². The average Bonchev–Trinajstić information content (AvgIpc) is 3.34. The third-order valence-electron chi connectivity index (χ3n) is 4.80. The summed E-state index contributed by atoms with van der Waals surface area (Å²) in [6.45, 7) is 1.76. The van der Waals surface area contributed by atoms with Gasteiger partial charge in [0.25, 0.3) is 0 Å². The summed E-state index contributed by atoms with van der Waals surface area (Å²) in [5, 5.41) is 14.7. The third kappa shape index (κ3) is 3.31. The van der Waals surface area contributed by atoms with Crippen molar-refractivity contribution >= 4 is 23.2 Å². The van der Waals surface area contributed by atoms with Gasteiger partial charge < -0.3 is 10.1 Å². The molecule has 0 aliphatic heterocycles. The van der Waals surface area contributed by atoms with E-state index in [4.69, 9.17) is 16.3 Å². The van der Waals surface area contributed by atoms with Gasteiger partial charge in [-0.3, -0.25) is 4.79 Å². The minimum Gasteiger partial charge on any atom is -0.494 e. The van der Waals surface area contributed by atoms with Crippen molar-refractivity contribution < 1.29 is 13.9 Å². The number of aryl methyl sites for hydroxylation is 1. The maximum absolute atomic E-state index is 14.1. The Kier molecular flexibility index (Phi) is 4.72. The number of carbonyl (C=O) groups is 1. The predicted octanol–water partition coefficient (Wildman–Crippen LogP) is 3.51. The Hall–Kier alpha value is -3.00. The Morgan fingerprint density at radius 1 is 1.36 bits per heavy atom. The highest BCUT2D eigenvalue weighted by atomic mass is 35.5. The molecule has 1 saturated carbocycles. The summed E-state index contributed by atoms with van der Waals surface area (Å²) < 4.78 is 21.0. The van der Waals surface area contributed by atoms with Gasteiger partial charge in [-0.2, -0.15) is 4.68 Å². The van der Waals surface area contributed by atoms with Crippen LogP contribution in [0.3, 0.4) is 0 Å². The molecule has 1 heterocycles. The second kappa shape index (κ2) is 7.20. The molecule has 144 valence electrons. The molecule has 0 radical (unpaired) electrons. The van der Waals surface area contributed by atoms with Crippen LogP contribution in [0, 0.1) is 18.7 Å². The Balaban J connectivity index is 1.54. The van der Waals surface area contributed by atoms with E-state index in [9.17, 15) is 9.18 Å². The number of tetrazole rings is 1. The fourth-order valence-electron chi connectivity index (χ4n) is 3.29. The molecule has 1 N–H and O–H groups in total. The number of carbonyl (C=O) groups excluding carboxylic acids is 1. The lowest BCUT2D eigenvalue weighted by atomic mass is 10.1. The topological polar surface area (TPSA) is 81.9 Å². The van der Waals surface area contributed by atoms with Crippen molar-refractivity contribution in [2.24, 2.45) is 5.92 Å². The van der Waals surface area contributed by atoms with Gasteiger partial charge in [0.05, 0.1) is 7.11 Å². The molecule has 3 aromatic rings. The van der Waals surface area contributed by atoms with Crippen molar-refractivity contribution in [1.29, 1.82) is 0 Å². The number of methoxy groups -OCH3 is 1. The predicted molar refractivity (Wildman–Crippen MR) is 101 cm³/mol. The summed E-state index contributed by atoms with van der Waals surface area (Å²) in [5.74, 6) is 0.0412. The minimum atomic E-state index is -0.381. The van der Waals surface area contributed by atoms with Crippen LogP contribution < -0.4 is 10.1 Å². The monoisotopic (exact) mass is 401 g/mol. The summed E-state index contributed by atoms with van der Waals surface area (Å²) in [5.41, 5.74) is 1.58. The van der Waals surface area contributed by atoms with Gasteiger partial charge in [0.15, 0.2) is 5.82 Å². The number of nitrogens with one attached hydrogen (secondary N) is 1. The number of amides is 1. The first-order valence-electron chi connectivity index (χ1n) is 8.67. The van der Waals surface area contributed by atoms with Crippen LogP contribution >= 0.6 is 11.6 Å². The van der Waals surface area contributed by atoms with Crippen LogP contribution in [0.15, 0.2) is 36.4 Å². The zero-order chi connectivity index (χ0) is 19.8. The number of halogens is 2. The van der Waals surface area contributed by atoms with E-state index in [0.717, 1.165) is 0 Å². The number of ether oxygens (including phenoxy) is 1. The fraction of sp³-hybridized carbons (Fsp3) is 0.263. The summed E-state index contributed by atoms with van der Waals surface area (Å²) >= 11 is 6.11. The van der Waals surface area contributed by atoms with Gasteiger partial charge in [-0.05, 0) is 54.1 Å². The first-order chi connectivity index (χ1) is 13.5. The molecule has 2 aromatic carbocycles. The molecule has 1 aliphatic carbocycles. The van der Waals surface area contributed by atoms with Crippen molar-refractivity contribution in [3.05, 3.63) is 58.6 Å². The Labute approximate surface area is 165 Å². The van der Waals surface area contributed by atoms with Crippen LogP contribution in [-0.4, -0.2) is 33.2 Å². The molecule has 0 saturated heterocycles. The van der Waals surface area contributed by atoms with E-state index < -0.39 is 0 Å². The molecule has 0 bridgehead atoms. The van der Waals surface area contributed by atoms with Gasteiger partial charge in [0.1, 0.15) is 17.3 Å². The van der Waals surface area contributed by atoms with E-state index in [-0.39, 0.29) is 23.6 Å². The van der Waals surface area contributed by atoms with Crippen molar-refractivity contribution in [3.8, 4) is 11.4 Å². The van der Waals surface area contributed by atoms with Gasteiger partial charge in [-0.1, -0.05) is 17.7 Å². The van der Waals surface area contributed by atoms with Gasteiger partial charge in [0, 0.05) is 28.1 Å². The molecule has 1 fully saturated rings. The van der Waals surface area contributed by atoms with Crippen molar-refractivity contribution in [1.82, 2.24) is 20.2 Å². The van der Waals surface area contributed by atoms with Gasteiger partial charge >= 0.3 is 0 Å². The smallest absolute Gasteiger partial charge is 0.228 e. The van der Waals surface area contributed by atoms with Crippen LogP contribution in [0.4, 0.5) is 10.1 Å². The zero-order valence-electron chi connectivity index (χ0n) is 15.2. The van der Waals surface area contributed by atoms with Crippen LogP contribution in [0.25, 0.3) is 5.69 Å². The maximum Gasteiger partial charge on any atom is 0.228 e. The van der Waals surface area contributed by atoms with Crippen LogP contribution in [0.1, 0.15) is 23.7 Å². The van der Waals surface area contributed by atoms with E-state index in [2.05, 4.69) is 20.8 Å². The molecule has 9 heteroatoms. The highest BCUT2D eigenvalue weighted by molar-refractivity contribution is 6.31. The first-order valence-corrected chi connectivity index (χ1v) is 9.05. The summed E-state index contributed by atoms with van der Waals surface area (Å²) in [4.78, 5) is 12.6. The van der Waals surface area contributed by atoms with Crippen LogP contribution in [-0.2, 0) is 4.79 Å².